The lowest BCUT2D eigenvalue weighted by Crippen LogP contribution is -2.74. The van der Waals surface area contributed by atoms with E-state index in [4.69, 9.17) is 9.47 Å². The molecular weight excluding hydrogens is 950 g/mol. The van der Waals surface area contributed by atoms with Crippen LogP contribution in [0.5, 0.6) is 11.5 Å². The number of hydrogen-bond donors (Lipinski definition) is 4. The molecule has 0 spiro atoms. The van der Waals surface area contributed by atoms with Gasteiger partial charge in [-0.15, -0.1) is 11.3 Å². The molecule has 3 aliphatic rings. The molecule has 0 bridgehead atoms. The molecule has 386 valence electrons. The Balaban J connectivity index is 0.829. The van der Waals surface area contributed by atoms with Crippen LogP contribution in [-0.4, -0.2) is 131 Å². The van der Waals surface area contributed by atoms with Gasteiger partial charge in [0.25, 0.3) is 5.91 Å². The maximum absolute atomic E-state index is 14.2. The Bertz CT molecular complexity index is 2620. The zero-order valence-electron chi connectivity index (χ0n) is 42.1. The first-order valence-corrected chi connectivity index (χ1v) is 25.1. The van der Waals surface area contributed by atoms with Crippen LogP contribution in [0.15, 0.2) is 72.2 Å². The molecule has 2 saturated heterocycles. The van der Waals surface area contributed by atoms with E-state index in [0.29, 0.717) is 50.6 Å². The fourth-order valence-electron chi connectivity index (χ4n) is 10.4. The number of alkyl halides is 3. The smallest absolute Gasteiger partial charge is 0.417 e. The van der Waals surface area contributed by atoms with Crippen molar-refractivity contribution in [3.8, 4) is 28.0 Å². The van der Waals surface area contributed by atoms with Crippen molar-refractivity contribution in [3.05, 3.63) is 100 Å². The van der Waals surface area contributed by atoms with E-state index < -0.39 is 63.7 Å². The number of halogens is 3. The number of nitriles is 1. The molecule has 7 rings (SSSR count). The molecule has 4 amide bonds. The first kappa shape index (κ1) is 53.7. The second-order valence-corrected chi connectivity index (χ2v) is 22.2. The van der Waals surface area contributed by atoms with Crippen LogP contribution in [0.2, 0.25) is 0 Å². The van der Waals surface area contributed by atoms with Gasteiger partial charge in [0.05, 0.1) is 45.9 Å². The number of aromatic nitrogens is 1. The molecule has 19 heteroatoms. The third-order valence-electron chi connectivity index (χ3n) is 14.1. The maximum atomic E-state index is 14.2. The SMILES string of the molecule is Cc1ncsc1-c1ccc(CNC(=O)[C@@H]2C[C@@H](O)CN2C(=O)C(NC(=O)CN2CCN(CCOc3ccc(C(=O)NC4C(C)(C)C(Oc5ccc(C#N)c(C(F)(F)F)c5)C4(C)C)cc3)CC2)C(C)(C)C)cc1. The number of benzene rings is 3. The van der Waals surface area contributed by atoms with Crippen molar-refractivity contribution in [2.75, 3.05) is 52.4 Å². The van der Waals surface area contributed by atoms with Gasteiger partial charge in [-0.05, 0) is 65.9 Å². The van der Waals surface area contributed by atoms with E-state index in [-0.39, 0.29) is 55.6 Å². The number of hydrogen-bond acceptors (Lipinski definition) is 12. The zero-order valence-corrected chi connectivity index (χ0v) is 42.9. The van der Waals surface area contributed by atoms with Gasteiger partial charge in [-0.3, -0.25) is 29.0 Å². The predicted octanol–water partition coefficient (Wildman–Crippen LogP) is 6.43. The molecule has 0 radical (unpaired) electrons. The second kappa shape index (κ2) is 21.6. The minimum Gasteiger partial charge on any atom is -0.492 e. The number of piperazine rings is 1. The Hall–Kier alpha value is -6.07. The first-order chi connectivity index (χ1) is 33.9. The first-order valence-electron chi connectivity index (χ1n) is 24.2. The summed E-state index contributed by atoms with van der Waals surface area (Å²) in [5.41, 5.74) is 1.58. The van der Waals surface area contributed by atoms with Gasteiger partial charge in [-0.2, -0.15) is 18.4 Å². The van der Waals surface area contributed by atoms with E-state index in [1.807, 2.05) is 90.1 Å². The molecule has 4 N–H and O–H groups in total. The number of nitrogens with one attached hydrogen (secondary N) is 3. The highest BCUT2D eigenvalue weighted by Crippen LogP contribution is 2.56. The Morgan fingerprint density at radius 2 is 1.57 bits per heavy atom. The van der Waals surface area contributed by atoms with E-state index in [1.54, 1.807) is 41.7 Å². The molecule has 2 aliphatic heterocycles. The Labute approximate surface area is 423 Å². The van der Waals surface area contributed by atoms with Crippen LogP contribution in [-0.2, 0) is 27.1 Å². The topological polar surface area (TPSA) is 189 Å². The molecule has 3 heterocycles. The van der Waals surface area contributed by atoms with Crippen LogP contribution >= 0.6 is 11.3 Å². The van der Waals surface area contributed by atoms with Crippen molar-refractivity contribution in [1.82, 2.24) is 35.6 Å². The summed E-state index contributed by atoms with van der Waals surface area (Å²) >= 11 is 1.57. The van der Waals surface area contributed by atoms with Gasteiger partial charge in [-0.25, -0.2) is 4.98 Å². The number of rotatable bonds is 16. The quantitative estimate of drug-likeness (QED) is 0.0969. The average Bonchev–Trinajstić information content (AvgIpc) is 3.95. The molecule has 4 aromatic rings. The summed E-state index contributed by atoms with van der Waals surface area (Å²) in [6.07, 6.45) is -6.04. The summed E-state index contributed by atoms with van der Waals surface area (Å²) in [6, 6.07) is 17.3. The van der Waals surface area contributed by atoms with Gasteiger partial charge >= 0.3 is 6.18 Å². The van der Waals surface area contributed by atoms with E-state index >= 15 is 0 Å². The van der Waals surface area contributed by atoms with Crippen LogP contribution in [0.4, 0.5) is 13.2 Å². The van der Waals surface area contributed by atoms with Crippen molar-refractivity contribution in [1.29, 1.82) is 5.26 Å². The minimum absolute atomic E-state index is 0.00572. The maximum Gasteiger partial charge on any atom is 0.417 e. The fraction of sp³-hybridized carbons (Fsp3) is 0.509. The zero-order chi connectivity index (χ0) is 52.3. The molecule has 1 saturated carbocycles. The lowest BCUT2D eigenvalue weighted by atomic mass is 9.49. The largest absolute Gasteiger partial charge is 0.492 e. The molecule has 1 aliphatic carbocycles. The molecular formula is C53H65F3N8O7S. The second-order valence-electron chi connectivity index (χ2n) is 21.3. The predicted molar refractivity (Wildman–Crippen MR) is 266 cm³/mol. The van der Waals surface area contributed by atoms with E-state index in [1.165, 1.54) is 11.0 Å². The van der Waals surface area contributed by atoms with E-state index in [0.717, 1.165) is 33.8 Å². The summed E-state index contributed by atoms with van der Waals surface area (Å²) in [5.74, 6) is -0.823. The van der Waals surface area contributed by atoms with Gasteiger partial charge in [0.1, 0.15) is 36.3 Å². The Morgan fingerprint density at radius 3 is 2.17 bits per heavy atom. The van der Waals surface area contributed by atoms with Crippen molar-refractivity contribution in [2.45, 2.75) is 105 Å². The third kappa shape index (κ3) is 12.2. The Morgan fingerprint density at radius 1 is 0.931 bits per heavy atom. The molecule has 1 unspecified atom stereocenters. The van der Waals surface area contributed by atoms with Gasteiger partial charge in [0, 0.05) is 74.7 Å². The average molecular weight is 1020 g/mol. The van der Waals surface area contributed by atoms with Gasteiger partial charge in [-0.1, -0.05) is 72.7 Å². The molecule has 1 aromatic heterocycles. The van der Waals surface area contributed by atoms with Gasteiger partial charge < -0.3 is 35.4 Å². The number of aliphatic hydroxyl groups is 1. The van der Waals surface area contributed by atoms with Crippen LogP contribution in [0, 0.1) is 34.5 Å². The number of aryl methyl sites for hydroxylation is 1. The fourth-order valence-corrected chi connectivity index (χ4v) is 11.2. The number of carbonyl (C=O) groups is 4. The van der Waals surface area contributed by atoms with Gasteiger partial charge in [0.2, 0.25) is 17.7 Å². The Kier molecular flexibility index (Phi) is 16.1. The number of likely N-dealkylation sites (tertiary alicyclic amines) is 1. The number of carbonyl (C=O) groups excluding carboxylic acids is 4. The molecule has 3 aromatic carbocycles. The monoisotopic (exact) mass is 1010 g/mol. The lowest BCUT2D eigenvalue weighted by Gasteiger charge is -2.63. The number of nitrogens with zero attached hydrogens (tertiary/aromatic N) is 5. The minimum atomic E-state index is -4.72. The van der Waals surface area contributed by atoms with Crippen molar-refractivity contribution < 1.29 is 46.9 Å². The van der Waals surface area contributed by atoms with Crippen LogP contribution in [0.3, 0.4) is 0 Å². The molecule has 72 heavy (non-hydrogen) atoms. The summed E-state index contributed by atoms with van der Waals surface area (Å²) in [7, 11) is 0. The summed E-state index contributed by atoms with van der Waals surface area (Å²) in [4.78, 5) is 65.7. The summed E-state index contributed by atoms with van der Waals surface area (Å²) in [5, 5.41) is 28.8. The number of β-amino-alcohol motifs (C(OH)–C–C–N with tert-alkyl or cyclic N) is 1. The number of aliphatic hydroxyl groups excluding tert-OH is 1. The number of thiazole rings is 1. The highest BCUT2D eigenvalue weighted by molar-refractivity contribution is 7.13. The standard InChI is InChI=1S/C53H65F3N8O7S/c1-32-43(72-31-59-32)34-11-9-33(10-12-34)28-58-46(68)41-25-37(65)29-64(41)47(69)44(50(2,3)4)60-42(66)30-63-21-19-62(20-22-63)23-24-70-38-16-13-35(14-17-38)45(67)61-48-51(5,6)49(52(48,7)8)71-39-18-15-36(27-57)40(26-39)53(54,55)56/h9-18,26,31,37,41,44,48-49,65H,19-25,28-30H2,1-8H3,(H,58,68)(H,60,66)(H,61,67)/t37-,41+,44?,48?,49?/m1/s1. The van der Waals surface area contributed by atoms with Crippen molar-refractivity contribution in [2.24, 2.45) is 16.2 Å². The highest BCUT2D eigenvalue weighted by atomic mass is 32.1. The van der Waals surface area contributed by atoms with Crippen LogP contribution in [0.25, 0.3) is 10.4 Å². The third-order valence-corrected chi connectivity index (χ3v) is 15.1. The molecule has 15 nitrogen and oxygen atoms in total. The van der Waals surface area contributed by atoms with Crippen molar-refractivity contribution >= 4 is 35.0 Å². The molecule has 3 atom stereocenters. The normalized spacial score (nSPS) is 21.5. The lowest BCUT2D eigenvalue weighted by molar-refractivity contribution is -0.164. The van der Waals surface area contributed by atoms with Crippen LogP contribution < -0.4 is 25.4 Å². The van der Waals surface area contributed by atoms with E-state index in [2.05, 4.69) is 25.8 Å². The van der Waals surface area contributed by atoms with Crippen molar-refractivity contribution in [3.63, 3.8) is 0 Å². The number of ether oxygens (including phenoxy) is 2. The van der Waals surface area contributed by atoms with E-state index in [9.17, 15) is 42.7 Å². The molecule has 3 fully saturated rings. The summed E-state index contributed by atoms with van der Waals surface area (Å²) < 4.78 is 53.0. The van der Waals surface area contributed by atoms with Crippen LogP contribution in [0.1, 0.15) is 87.6 Å². The summed E-state index contributed by atoms with van der Waals surface area (Å²) in [6.45, 7) is 19.1. The van der Waals surface area contributed by atoms with Gasteiger partial charge in [0.15, 0.2) is 0 Å². The number of amides is 4. The highest BCUT2D eigenvalue weighted by Gasteiger charge is 2.64.